The number of benzene rings is 1. The van der Waals surface area contributed by atoms with Crippen molar-refractivity contribution in [2.75, 3.05) is 19.3 Å². The summed E-state index contributed by atoms with van der Waals surface area (Å²) in [5.41, 5.74) is 6.37. The molecule has 0 atom stereocenters. The number of anilines is 1. The highest BCUT2D eigenvalue weighted by molar-refractivity contribution is 5.52. The third-order valence-corrected chi connectivity index (χ3v) is 2.23. The van der Waals surface area contributed by atoms with Crippen molar-refractivity contribution in [3.8, 4) is 0 Å². The minimum absolute atomic E-state index is 0.0975. The molecule has 1 aromatic rings. The third kappa shape index (κ3) is 3.95. The second-order valence-corrected chi connectivity index (χ2v) is 3.73. The molecule has 17 heavy (non-hydrogen) atoms. The molecule has 5 nitrogen and oxygen atoms in total. The van der Waals surface area contributed by atoms with Crippen molar-refractivity contribution in [1.29, 1.82) is 0 Å². The van der Waals surface area contributed by atoms with Gasteiger partial charge in [-0.3, -0.25) is 15.0 Å². The summed E-state index contributed by atoms with van der Waals surface area (Å²) >= 11 is 0. The SMILES string of the molecule is CN(Cc1cc([N+](=O)[O-])ccc1N)CC(F)F. The number of hydrogen-bond acceptors (Lipinski definition) is 4. The minimum Gasteiger partial charge on any atom is -0.398 e. The van der Waals surface area contributed by atoms with Crippen LogP contribution in [0.3, 0.4) is 0 Å². The molecule has 0 aliphatic heterocycles. The first-order chi connectivity index (χ1) is 7.90. The highest BCUT2D eigenvalue weighted by Gasteiger charge is 2.13. The summed E-state index contributed by atoms with van der Waals surface area (Å²) in [6, 6.07) is 3.99. The van der Waals surface area contributed by atoms with E-state index in [4.69, 9.17) is 5.73 Å². The maximum absolute atomic E-state index is 12.1. The number of nitrogens with zero attached hydrogens (tertiary/aromatic N) is 2. The standard InChI is InChI=1S/C10H13F2N3O2/c1-14(6-10(11)12)5-7-4-8(15(16)17)2-3-9(7)13/h2-4,10H,5-6,13H2,1H3. The lowest BCUT2D eigenvalue weighted by Crippen LogP contribution is -2.24. The first-order valence-electron chi connectivity index (χ1n) is 4.89. The lowest BCUT2D eigenvalue weighted by molar-refractivity contribution is -0.384. The molecule has 0 bridgehead atoms. The molecule has 0 unspecified atom stereocenters. The van der Waals surface area contributed by atoms with Crippen LogP contribution in [0.25, 0.3) is 0 Å². The van der Waals surface area contributed by atoms with Gasteiger partial charge in [0, 0.05) is 24.4 Å². The fourth-order valence-corrected chi connectivity index (χ4v) is 1.43. The van der Waals surface area contributed by atoms with Gasteiger partial charge >= 0.3 is 0 Å². The number of rotatable bonds is 5. The van der Waals surface area contributed by atoms with Crippen molar-refractivity contribution in [2.24, 2.45) is 0 Å². The Morgan fingerprint density at radius 3 is 2.71 bits per heavy atom. The Labute approximate surface area is 97.0 Å². The Morgan fingerprint density at radius 2 is 2.18 bits per heavy atom. The molecule has 1 rings (SSSR count). The van der Waals surface area contributed by atoms with E-state index in [0.717, 1.165) is 0 Å². The molecule has 1 aromatic carbocycles. The minimum atomic E-state index is -2.44. The zero-order valence-electron chi connectivity index (χ0n) is 9.27. The first kappa shape index (κ1) is 13.3. The van der Waals surface area contributed by atoms with Gasteiger partial charge in [0.15, 0.2) is 0 Å². The van der Waals surface area contributed by atoms with Crippen LogP contribution in [0.5, 0.6) is 0 Å². The van der Waals surface area contributed by atoms with E-state index in [0.29, 0.717) is 11.3 Å². The molecule has 0 saturated carbocycles. The van der Waals surface area contributed by atoms with Gasteiger partial charge in [-0.05, 0) is 18.7 Å². The van der Waals surface area contributed by atoms with Gasteiger partial charge in [0.05, 0.1) is 11.5 Å². The zero-order chi connectivity index (χ0) is 13.0. The van der Waals surface area contributed by atoms with Crippen molar-refractivity contribution in [2.45, 2.75) is 13.0 Å². The fraction of sp³-hybridized carbons (Fsp3) is 0.400. The lowest BCUT2D eigenvalue weighted by atomic mass is 10.1. The molecule has 7 heteroatoms. The molecule has 94 valence electrons. The van der Waals surface area contributed by atoms with Crippen molar-refractivity contribution in [3.05, 3.63) is 33.9 Å². The normalized spacial score (nSPS) is 11.1. The van der Waals surface area contributed by atoms with Gasteiger partial charge in [0.1, 0.15) is 0 Å². The average Bonchev–Trinajstić information content (AvgIpc) is 2.19. The van der Waals surface area contributed by atoms with Crippen LogP contribution in [0.15, 0.2) is 18.2 Å². The highest BCUT2D eigenvalue weighted by atomic mass is 19.3. The summed E-state index contributed by atoms with van der Waals surface area (Å²) in [5.74, 6) is 0. The summed E-state index contributed by atoms with van der Waals surface area (Å²) in [5, 5.41) is 10.6. The molecule has 0 aliphatic rings. The van der Waals surface area contributed by atoms with Gasteiger partial charge in [-0.25, -0.2) is 8.78 Å². The molecule has 0 saturated heterocycles. The van der Waals surface area contributed by atoms with Crippen LogP contribution in [0.1, 0.15) is 5.56 Å². The average molecular weight is 245 g/mol. The van der Waals surface area contributed by atoms with Crippen molar-refractivity contribution >= 4 is 11.4 Å². The summed E-state index contributed by atoms with van der Waals surface area (Å²) in [6.07, 6.45) is -2.44. The monoisotopic (exact) mass is 245 g/mol. The molecule has 0 radical (unpaired) electrons. The van der Waals surface area contributed by atoms with Crippen molar-refractivity contribution in [3.63, 3.8) is 0 Å². The number of hydrogen-bond donors (Lipinski definition) is 1. The van der Waals surface area contributed by atoms with E-state index >= 15 is 0 Å². The van der Waals surface area contributed by atoms with Crippen LogP contribution < -0.4 is 5.73 Å². The molecule has 0 spiro atoms. The van der Waals surface area contributed by atoms with Crippen LogP contribution in [-0.4, -0.2) is 29.8 Å². The number of halogens is 2. The first-order valence-corrected chi connectivity index (χ1v) is 4.89. The van der Waals surface area contributed by atoms with Gasteiger partial charge in [-0.15, -0.1) is 0 Å². The van der Waals surface area contributed by atoms with Crippen molar-refractivity contribution < 1.29 is 13.7 Å². The molecule has 0 heterocycles. The van der Waals surface area contributed by atoms with Gasteiger partial charge in [-0.1, -0.05) is 0 Å². The second-order valence-electron chi connectivity index (χ2n) is 3.73. The summed E-state index contributed by atoms with van der Waals surface area (Å²) in [6.45, 7) is -0.250. The Bertz CT molecular complexity index is 413. The number of non-ortho nitro benzene ring substituents is 1. The van der Waals surface area contributed by atoms with Gasteiger partial charge in [-0.2, -0.15) is 0 Å². The van der Waals surface area contributed by atoms with E-state index < -0.39 is 17.9 Å². The quantitative estimate of drug-likeness (QED) is 0.488. The van der Waals surface area contributed by atoms with Gasteiger partial charge < -0.3 is 5.73 Å². The summed E-state index contributed by atoms with van der Waals surface area (Å²) < 4.78 is 24.2. The highest BCUT2D eigenvalue weighted by Crippen LogP contribution is 2.20. The summed E-state index contributed by atoms with van der Waals surface area (Å²) in [7, 11) is 1.50. The Hall–Kier alpha value is -1.76. The number of nitro groups is 1. The number of nitrogens with two attached hydrogens (primary N) is 1. The molecule has 2 N–H and O–H groups in total. The largest absolute Gasteiger partial charge is 0.398 e. The Balaban J connectivity index is 2.82. The molecule has 0 aliphatic carbocycles. The third-order valence-electron chi connectivity index (χ3n) is 2.23. The molecule has 0 aromatic heterocycles. The topological polar surface area (TPSA) is 72.4 Å². The molecule has 0 fully saturated rings. The maximum atomic E-state index is 12.1. The predicted molar refractivity (Wildman–Crippen MR) is 59.8 cm³/mol. The van der Waals surface area contributed by atoms with Crippen LogP contribution in [0.4, 0.5) is 20.2 Å². The van der Waals surface area contributed by atoms with Crippen molar-refractivity contribution in [1.82, 2.24) is 4.90 Å². The van der Waals surface area contributed by atoms with E-state index in [1.807, 2.05) is 0 Å². The van der Waals surface area contributed by atoms with Crippen LogP contribution in [-0.2, 0) is 6.54 Å². The van der Waals surface area contributed by atoms with E-state index in [-0.39, 0.29) is 12.2 Å². The molecular weight excluding hydrogens is 232 g/mol. The van der Waals surface area contributed by atoms with Crippen LogP contribution in [0, 0.1) is 10.1 Å². The Kier molecular flexibility index (Phi) is 4.33. The number of nitro benzene ring substituents is 1. The van der Waals surface area contributed by atoms with E-state index in [9.17, 15) is 18.9 Å². The second kappa shape index (κ2) is 5.53. The van der Waals surface area contributed by atoms with Gasteiger partial charge in [0.2, 0.25) is 0 Å². The van der Waals surface area contributed by atoms with E-state index in [1.54, 1.807) is 0 Å². The number of alkyl halides is 2. The maximum Gasteiger partial charge on any atom is 0.269 e. The molecule has 0 amide bonds. The number of nitrogen functional groups attached to an aromatic ring is 1. The van der Waals surface area contributed by atoms with Crippen LogP contribution >= 0.6 is 0 Å². The van der Waals surface area contributed by atoms with E-state index in [1.165, 1.54) is 30.1 Å². The fourth-order valence-electron chi connectivity index (χ4n) is 1.43. The predicted octanol–water partition coefficient (Wildman–Crippen LogP) is 1.87. The Morgan fingerprint density at radius 1 is 1.53 bits per heavy atom. The zero-order valence-corrected chi connectivity index (χ0v) is 9.27. The molecular formula is C10H13F2N3O2. The van der Waals surface area contributed by atoms with Gasteiger partial charge in [0.25, 0.3) is 12.1 Å². The smallest absolute Gasteiger partial charge is 0.269 e. The van der Waals surface area contributed by atoms with Crippen LogP contribution in [0.2, 0.25) is 0 Å². The van der Waals surface area contributed by atoms with E-state index in [2.05, 4.69) is 0 Å². The summed E-state index contributed by atoms with van der Waals surface area (Å²) in [4.78, 5) is 11.4. The lowest BCUT2D eigenvalue weighted by Gasteiger charge is -2.16.